The Hall–Kier alpha value is -0.860. The van der Waals surface area contributed by atoms with Gasteiger partial charge in [0.25, 0.3) is 0 Å². The van der Waals surface area contributed by atoms with Crippen molar-refractivity contribution < 1.29 is 0 Å². The van der Waals surface area contributed by atoms with E-state index >= 15 is 0 Å². The van der Waals surface area contributed by atoms with Gasteiger partial charge in [-0.25, -0.2) is 0 Å². The van der Waals surface area contributed by atoms with Crippen molar-refractivity contribution >= 4 is 0 Å². The molecule has 0 aromatic heterocycles. The number of rotatable bonds is 5. The molecule has 2 nitrogen and oxygen atoms in total. The second-order valence-corrected chi connectivity index (χ2v) is 6.03. The van der Waals surface area contributed by atoms with Crippen LogP contribution < -0.4 is 10.6 Å². The van der Waals surface area contributed by atoms with Gasteiger partial charge in [0, 0.05) is 12.1 Å². The maximum Gasteiger partial charge on any atom is 0.0323 e. The van der Waals surface area contributed by atoms with Gasteiger partial charge in [-0.05, 0) is 56.3 Å². The standard InChI is InChI=1S/C17H26N2/c1-4-9-16-14(6-1)11-13-19-17(16)10-5-12-18-15-7-2-3-8-15/h1,4,6,9,15,17-19H,2-3,5,7-8,10-13H2. The molecule has 1 fully saturated rings. The highest BCUT2D eigenvalue weighted by atomic mass is 14.9. The molecule has 2 heteroatoms. The largest absolute Gasteiger partial charge is 0.314 e. The third-order valence-electron chi connectivity index (χ3n) is 4.67. The number of nitrogens with one attached hydrogen (secondary N) is 2. The molecule has 1 aromatic carbocycles. The molecule has 0 saturated heterocycles. The predicted molar refractivity (Wildman–Crippen MR) is 80.4 cm³/mol. The second kappa shape index (κ2) is 6.53. The zero-order valence-electron chi connectivity index (χ0n) is 11.8. The second-order valence-electron chi connectivity index (χ2n) is 6.03. The van der Waals surface area contributed by atoms with Crippen molar-refractivity contribution in [3.05, 3.63) is 35.4 Å². The highest BCUT2D eigenvalue weighted by molar-refractivity contribution is 5.32. The van der Waals surface area contributed by atoms with Gasteiger partial charge in [0.05, 0.1) is 0 Å². The van der Waals surface area contributed by atoms with Crippen LogP contribution in [0.1, 0.15) is 55.7 Å². The maximum absolute atomic E-state index is 3.72. The van der Waals surface area contributed by atoms with E-state index in [1.165, 1.54) is 57.1 Å². The summed E-state index contributed by atoms with van der Waals surface area (Å²) < 4.78 is 0. The van der Waals surface area contributed by atoms with Gasteiger partial charge in [-0.15, -0.1) is 0 Å². The van der Waals surface area contributed by atoms with Crippen LogP contribution in [-0.4, -0.2) is 19.1 Å². The van der Waals surface area contributed by atoms with Crippen molar-refractivity contribution in [2.75, 3.05) is 13.1 Å². The molecular formula is C17H26N2. The van der Waals surface area contributed by atoms with Crippen LogP contribution >= 0.6 is 0 Å². The molecule has 19 heavy (non-hydrogen) atoms. The zero-order chi connectivity index (χ0) is 12.9. The summed E-state index contributed by atoms with van der Waals surface area (Å²) in [6.45, 7) is 2.32. The summed E-state index contributed by atoms with van der Waals surface area (Å²) in [7, 11) is 0. The van der Waals surface area contributed by atoms with Gasteiger partial charge in [-0.2, -0.15) is 0 Å². The summed E-state index contributed by atoms with van der Waals surface area (Å²) in [6, 6.07) is 10.3. The number of benzene rings is 1. The summed E-state index contributed by atoms with van der Waals surface area (Å²) in [5.74, 6) is 0. The van der Waals surface area contributed by atoms with E-state index in [-0.39, 0.29) is 0 Å². The Kier molecular flexibility index (Phi) is 4.52. The molecule has 2 N–H and O–H groups in total. The summed E-state index contributed by atoms with van der Waals surface area (Å²) >= 11 is 0. The molecule has 1 heterocycles. The van der Waals surface area contributed by atoms with Crippen molar-refractivity contribution in [1.29, 1.82) is 0 Å². The van der Waals surface area contributed by atoms with Crippen molar-refractivity contribution in [3.8, 4) is 0 Å². The van der Waals surface area contributed by atoms with E-state index in [1.807, 2.05) is 0 Å². The van der Waals surface area contributed by atoms with E-state index in [9.17, 15) is 0 Å². The van der Waals surface area contributed by atoms with E-state index in [0.717, 1.165) is 12.6 Å². The van der Waals surface area contributed by atoms with E-state index < -0.39 is 0 Å². The lowest BCUT2D eigenvalue weighted by molar-refractivity contribution is 0.438. The van der Waals surface area contributed by atoms with Crippen LogP contribution in [0.25, 0.3) is 0 Å². The molecule has 1 aromatic rings. The van der Waals surface area contributed by atoms with E-state index in [4.69, 9.17) is 0 Å². The molecule has 0 bridgehead atoms. The van der Waals surface area contributed by atoms with Gasteiger partial charge in [0.1, 0.15) is 0 Å². The molecule has 3 rings (SSSR count). The van der Waals surface area contributed by atoms with Crippen LogP contribution in [-0.2, 0) is 6.42 Å². The summed E-state index contributed by atoms with van der Waals surface area (Å²) in [5, 5.41) is 7.39. The fourth-order valence-electron chi connectivity index (χ4n) is 3.59. The molecule has 1 aliphatic heterocycles. The van der Waals surface area contributed by atoms with E-state index in [0.29, 0.717) is 6.04 Å². The molecule has 0 spiro atoms. The Bertz CT molecular complexity index is 396. The molecular weight excluding hydrogens is 232 g/mol. The minimum Gasteiger partial charge on any atom is -0.314 e. The first-order valence-corrected chi connectivity index (χ1v) is 7.98. The summed E-state index contributed by atoms with van der Waals surface area (Å²) in [5.41, 5.74) is 3.09. The molecule has 1 saturated carbocycles. The zero-order valence-corrected chi connectivity index (χ0v) is 11.8. The van der Waals surface area contributed by atoms with Crippen molar-refractivity contribution in [1.82, 2.24) is 10.6 Å². The average molecular weight is 258 g/mol. The number of hydrogen-bond donors (Lipinski definition) is 2. The van der Waals surface area contributed by atoms with Gasteiger partial charge in [0.15, 0.2) is 0 Å². The van der Waals surface area contributed by atoms with Gasteiger partial charge in [0.2, 0.25) is 0 Å². The molecule has 1 atom stereocenters. The van der Waals surface area contributed by atoms with Gasteiger partial charge < -0.3 is 10.6 Å². The molecule has 2 aliphatic rings. The van der Waals surface area contributed by atoms with E-state index in [2.05, 4.69) is 34.9 Å². The Morgan fingerprint density at radius 2 is 2.00 bits per heavy atom. The molecule has 0 amide bonds. The van der Waals surface area contributed by atoms with Crippen LogP contribution in [0, 0.1) is 0 Å². The average Bonchev–Trinajstić information content (AvgIpc) is 2.97. The lowest BCUT2D eigenvalue weighted by Gasteiger charge is -2.27. The van der Waals surface area contributed by atoms with Crippen molar-refractivity contribution in [2.45, 2.75) is 57.0 Å². The van der Waals surface area contributed by atoms with E-state index in [1.54, 1.807) is 5.56 Å². The van der Waals surface area contributed by atoms with Crippen LogP contribution in [0.3, 0.4) is 0 Å². The van der Waals surface area contributed by atoms with Crippen LogP contribution in [0.4, 0.5) is 0 Å². The number of hydrogen-bond acceptors (Lipinski definition) is 2. The third-order valence-corrected chi connectivity index (χ3v) is 4.67. The Balaban J connectivity index is 1.45. The maximum atomic E-state index is 3.72. The van der Waals surface area contributed by atoms with Crippen LogP contribution in [0.2, 0.25) is 0 Å². The quantitative estimate of drug-likeness (QED) is 0.793. The van der Waals surface area contributed by atoms with Gasteiger partial charge in [-0.3, -0.25) is 0 Å². The lowest BCUT2D eigenvalue weighted by Crippen LogP contribution is -2.31. The highest BCUT2D eigenvalue weighted by Crippen LogP contribution is 2.26. The van der Waals surface area contributed by atoms with Crippen LogP contribution in [0.5, 0.6) is 0 Å². The minimum absolute atomic E-state index is 0.579. The first-order chi connectivity index (χ1) is 9.43. The Morgan fingerprint density at radius 3 is 2.89 bits per heavy atom. The molecule has 1 unspecified atom stereocenters. The molecule has 1 aliphatic carbocycles. The smallest absolute Gasteiger partial charge is 0.0323 e. The fraction of sp³-hybridized carbons (Fsp3) is 0.647. The Morgan fingerprint density at radius 1 is 1.16 bits per heavy atom. The van der Waals surface area contributed by atoms with Crippen molar-refractivity contribution in [3.63, 3.8) is 0 Å². The molecule has 0 radical (unpaired) electrons. The topological polar surface area (TPSA) is 24.1 Å². The lowest BCUT2D eigenvalue weighted by atomic mass is 9.92. The van der Waals surface area contributed by atoms with Gasteiger partial charge in [-0.1, -0.05) is 37.1 Å². The summed E-state index contributed by atoms with van der Waals surface area (Å²) in [4.78, 5) is 0. The predicted octanol–water partition coefficient (Wildman–Crippen LogP) is 3.19. The molecule has 104 valence electrons. The fourth-order valence-corrected chi connectivity index (χ4v) is 3.59. The Labute approximate surface area is 117 Å². The first kappa shape index (κ1) is 13.1. The summed E-state index contributed by atoms with van der Waals surface area (Å²) in [6.07, 6.45) is 9.37. The SMILES string of the molecule is c1ccc2c(c1)CCNC2CCCNC1CCCC1. The minimum atomic E-state index is 0.579. The van der Waals surface area contributed by atoms with Crippen molar-refractivity contribution in [2.24, 2.45) is 0 Å². The number of fused-ring (bicyclic) bond motifs is 1. The highest BCUT2D eigenvalue weighted by Gasteiger charge is 2.19. The third kappa shape index (κ3) is 3.37. The first-order valence-electron chi connectivity index (χ1n) is 7.98. The van der Waals surface area contributed by atoms with Gasteiger partial charge >= 0.3 is 0 Å². The normalized spacial score (nSPS) is 23.5. The van der Waals surface area contributed by atoms with Crippen LogP contribution in [0.15, 0.2) is 24.3 Å². The monoisotopic (exact) mass is 258 g/mol.